The van der Waals surface area contributed by atoms with Crippen molar-refractivity contribution in [3.63, 3.8) is 0 Å². The van der Waals surface area contributed by atoms with Gasteiger partial charge in [-0.3, -0.25) is 0 Å². The normalized spacial score (nSPS) is 18.4. The number of methoxy groups -OCH3 is 1. The molecule has 1 unspecified atom stereocenters. The second-order valence-corrected chi connectivity index (χ2v) is 4.63. The van der Waals surface area contributed by atoms with Gasteiger partial charge in [0.15, 0.2) is 0 Å². The zero-order valence-electron chi connectivity index (χ0n) is 10.3. The fourth-order valence-corrected chi connectivity index (χ4v) is 2.71. The van der Waals surface area contributed by atoms with Gasteiger partial charge in [-0.2, -0.15) is 0 Å². The second kappa shape index (κ2) is 4.37. The van der Waals surface area contributed by atoms with Crippen LogP contribution in [0.15, 0.2) is 28.8 Å². The molecule has 0 saturated heterocycles. The fraction of sp³-hybridized carbons (Fsp3) is 0.357. The van der Waals surface area contributed by atoms with Gasteiger partial charge in [-0.1, -0.05) is 17.3 Å². The van der Waals surface area contributed by atoms with Crippen LogP contribution < -0.4 is 10.5 Å². The predicted molar refractivity (Wildman–Crippen MR) is 68.7 cm³/mol. The molecule has 1 aliphatic carbocycles. The van der Waals surface area contributed by atoms with Gasteiger partial charge in [0.25, 0.3) is 0 Å². The molecule has 1 aromatic carbocycles. The molecule has 3 rings (SSSR count). The summed E-state index contributed by atoms with van der Waals surface area (Å²) in [5.41, 5.74) is 9.18. The molecule has 1 aromatic heterocycles. The number of nitrogens with zero attached hydrogens (tertiary/aromatic N) is 1. The molecular weight excluding hydrogens is 228 g/mol. The summed E-state index contributed by atoms with van der Waals surface area (Å²) >= 11 is 0. The summed E-state index contributed by atoms with van der Waals surface area (Å²) in [6.45, 7) is 0. The lowest BCUT2D eigenvalue weighted by atomic mass is 9.82. The van der Waals surface area contributed by atoms with E-state index < -0.39 is 0 Å². The topological polar surface area (TPSA) is 61.3 Å². The zero-order valence-corrected chi connectivity index (χ0v) is 10.3. The van der Waals surface area contributed by atoms with Crippen LogP contribution in [0.1, 0.15) is 35.6 Å². The van der Waals surface area contributed by atoms with Crippen molar-refractivity contribution < 1.29 is 9.26 Å². The molecule has 0 spiro atoms. The van der Waals surface area contributed by atoms with Crippen LogP contribution in [0.2, 0.25) is 0 Å². The molecule has 18 heavy (non-hydrogen) atoms. The Morgan fingerprint density at radius 3 is 3.17 bits per heavy atom. The van der Waals surface area contributed by atoms with Crippen molar-refractivity contribution in [2.45, 2.75) is 25.2 Å². The van der Waals surface area contributed by atoms with Crippen LogP contribution in [0, 0.1) is 0 Å². The molecule has 2 aromatic rings. The van der Waals surface area contributed by atoms with Crippen LogP contribution in [0.25, 0.3) is 0 Å². The van der Waals surface area contributed by atoms with E-state index in [4.69, 9.17) is 15.0 Å². The summed E-state index contributed by atoms with van der Waals surface area (Å²) in [7, 11) is 1.68. The Morgan fingerprint density at radius 2 is 2.33 bits per heavy atom. The third-order valence-electron chi connectivity index (χ3n) is 3.58. The van der Waals surface area contributed by atoms with E-state index >= 15 is 0 Å². The first-order chi connectivity index (χ1) is 8.79. The molecular formula is C14H16N2O2. The number of anilines is 1. The highest BCUT2D eigenvalue weighted by atomic mass is 16.5. The van der Waals surface area contributed by atoms with E-state index in [1.54, 1.807) is 7.11 Å². The van der Waals surface area contributed by atoms with E-state index in [-0.39, 0.29) is 5.92 Å². The molecule has 1 aliphatic rings. The number of rotatable bonds is 2. The maximum Gasteiger partial charge on any atom is 0.226 e. The van der Waals surface area contributed by atoms with Crippen molar-refractivity contribution in [1.29, 1.82) is 0 Å². The highest BCUT2D eigenvalue weighted by Crippen LogP contribution is 2.40. The van der Waals surface area contributed by atoms with Crippen molar-refractivity contribution in [1.82, 2.24) is 5.16 Å². The smallest absolute Gasteiger partial charge is 0.226 e. The number of nitrogens with two attached hydrogens (primary N) is 1. The third-order valence-corrected chi connectivity index (χ3v) is 3.58. The zero-order chi connectivity index (χ0) is 12.5. The molecule has 94 valence electrons. The summed E-state index contributed by atoms with van der Waals surface area (Å²) in [5.74, 6) is 1.60. The van der Waals surface area contributed by atoms with Gasteiger partial charge in [-0.25, -0.2) is 0 Å². The lowest BCUT2D eigenvalue weighted by Gasteiger charge is -2.22. The third kappa shape index (κ3) is 1.74. The first-order valence-corrected chi connectivity index (χ1v) is 6.17. The molecule has 0 bridgehead atoms. The molecule has 0 radical (unpaired) electrons. The number of fused-ring (bicyclic) bond motifs is 1. The summed E-state index contributed by atoms with van der Waals surface area (Å²) < 4.78 is 10.4. The van der Waals surface area contributed by atoms with Gasteiger partial charge in [-0.05, 0) is 37.0 Å². The van der Waals surface area contributed by atoms with E-state index in [0.29, 0.717) is 5.88 Å². The van der Waals surface area contributed by atoms with Gasteiger partial charge in [-0.15, -0.1) is 0 Å². The molecule has 4 nitrogen and oxygen atoms in total. The van der Waals surface area contributed by atoms with Gasteiger partial charge in [0.2, 0.25) is 5.88 Å². The minimum absolute atomic E-state index is 0.273. The average molecular weight is 244 g/mol. The van der Waals surface area contributed by atoms with Gasteiger partial charge in [0.1, 0.15) is 5.75 Å². The Balaban J connectivity index is 2.04. The number of nitrogen functional groups attached to an aromatic ring is 1. The Hall–Kier alpha value is -1.97. The molecule has 0 saturated carbocycles. The van der Waals surface area contributed by atoms with Gasteiger partial charge in [0.05, 0.1) is 12.8 Å². The predicted octanol–water partition coefficient (Wildman–Crippen LogP) is 2.73. The molecule has 0 amide bonds. The van der Waals surface area contributed by atoms with E-state index in [0.717, 1.165) is 36.3 Å². The fourth-order valence-electron chi connectivity index (χ4n) is 2.71. The highest BCUT2D eigenvalue weighted by Gasteiger charge is 2.28. The quantitative estimate of drug-likeness (QED) is 0.882. The molecule has 0 aliphatic heterocycles. The number of aryl methyl sites for hydroxylation is 1. The Bertz CT molecular complexity index is 563. The average Bonchev–Trinajstić information content (AvgIpc) is 2.81. The van der Waals surface area contributed by atoms with Crippen molar-refractivity contribution in [2.75, 3.05) is 12.8 Å². The molecule has 0 fully saturated rings. The lowest BCUT2D eigenvalue weighted by molar-refractivity contribution is 0.413. The second-order valence-electron chi connectivity index (χ2n) is 4.63. The highest BCUT2D eigenvalue weighted by molar-refractivity contribution is 5.49. The van der Waals surface area contributed by atoms with E-state index in [1.807, 2.05) is 12.1 Å². The number of aromatic nitrogens is 1. The van der Waals surface area contributed by atoms with E-state index in [9.17, 15) is 0 Å². The summed E-state index contributed by atoms with van der Waals surface area (Å²) in [6.07, 6.45) is 3.14. The first kappa shape index (κ1) is 11.1. The minimum Gasteiger partial charge on any atom is -0.497 e. The Labute approximate surface area is 106 Å². The standard InChI is InChI=1S/C14H16N2O2/c1-17-10-5-2-4-9(8-10)11-6-3-7-12-13(11)14(15)18-16-12/h2,4-5,8,11H,3,6-7,15H2,1H3. The van der Waals surface area contributed by atoms with Crippen LogP contribution in [0.4, 0.5) is 5.88 Å². The van der Waals surface area contributed by atoms with Crippen molar-refractivity contribution in [3.8, 4) is 5.75 Å². The maximum absolute atomic E-state index is 5.90. The summed E-state index contributed by atoms with van der Waals surface area (Å²) in [5, 5.41) is 4.04. The van der Waals surface area contributed by atoms with Crippen LogP contribution in [-0.4, -0.2) is 12.3 Å². The molecule has 4 heteroatoms. The van der Waals surface area contributed by atoms with Crippen LogP contribution in [0.5, 0.6) is 5.75 Å². The summed E-state index contributed by atoms with van der Waals surface area (Å²) in [6, 6.07) is 8.12. The minimum atomic E-state index is 0.273. The van der Waals surface area contributed by atoms with Crippen LogP contribution in [0.3, 0.4) is 0 Å². The monoisotopic (exact) mass is 244 g/mol. The largest absolute Gasteiger partial charge is 0.497 e. The van der Waals surface area contributed by atoms with Crippen molar-refractivity contribution >= 4 is 5.88 Å². The Kier molecular flexibility index (Phi) is 2.70. The molecule has 2 N–H and O–H groups in total. The van der Waals surface area contributed by atoms with Crippen molar-refractivity contribution in [3.05, 3.63) is 41.1 Å². The Morgan fingerprint density at radius 1 is 1.44 bits per heavy atom. The van der Waals surface area contributed by atoms with Gasteiger partial charge in [0, 0.05) is 11.5 Å². The number of hydrogen-bond acceptors (Lipinski definition) is 4. The van der Waals surface area contributed by atoms with Gasteiger partial charge >= 0.3 is 0 Å². The number of hydrogen-bond donors (Lipinski definition) is 1. The van der Waals surface area contributed by atoms with E-state index in [2.05, 4.69) is 17.3 Å². The van der Waals surface area contributed by atoms with E-state index in [1.165, 1.54) is 5.56 Å². The number of ether oxygens (including phenoxy) is 1. The van der Waals surface area contributed by atoms with Crippen LogP contribution in [-0.2, 0) is 6.42 Å². The van der Waals surface area contributed by atoms with Crippen LogP contribution >= 0.6 is 0 Å². The van der Waals surface area contributed by atoms with Crippen molar-refractivity contribution in [2.24, 2.45) is 0 Å². The molecule has 1 atom stereocenters. The first-order valence-electron chi connectivity index (χ1n) is 6.17. The maximum atomic E-state index is 5.90. The molecule has 1 heterocycles. The summed E-state index contributed by atoms with van der Waals surface area (Å²) in [4.78, 5) is 0. The lowest BCUT2D eigenvalue weighted by Crippen LogP contribution is -2.11. The van der Waals surface area contributed by atoms with Gasteiger partial charge < -0.3 is 15.0 Å². The number of benzene rings is 1. The SMILES string of the molecule is COc1cccc(C2CCCc3noc(N)c32)c1.